The van der Waals surface area contributed by atoms with Gasteiger partial charge in [-0.15, -0.1) is 0 Å². The topological polar surface area (TPSA) is 116 Å². The Morgan fingerprint density at radius 1 is 1.00 bits per heavy atom. The van der Waals surface area contributed by atoms with E-state index in [1.165, 1.54) is 17.9 Å². The number of amides is 1. The molecule has 4 rings (SSSR count). The Kier molecular flexibility index (Phi) is 6.32. The lowest BCUT2D eigenvalue weighted by molar-refractivity contribution is -0.137. The Morgan fingerprint density at radius 3 is 2.26 bits per heavy atom. The molecule has 1 amide bonds. The quantitative estimate of drug-likeness (QED) is 0.531. The van der Waals surface area contributed by atoms with Gasteiger partial charge in [0.1, 0.15) is 5.82 Å². The third-order valence-corrected chi connectivity index (χ3v) is 5.88. The molecule has 2 aromatic carbocycles. The second-order valence-electron chi connectivity index (χ2n) is 8.23. The van der Waals surface area contributed by atoms with Gasteiger partial charge in [0, 0.05) is 37.1 Å². The molecule has 1 aromatic heterocycles. The van der Waals surface area contributed by atoms with Crippen molar-refractivity contribution in [2.24, 2.45) is 0 Å². The van der Waals surface area contributed by atoms with E-state index in [1.807, 2.05) is 4.90 Å². The lowest BCUT2D eigenvalue weighted by Crippen LogP contribution is -2.49. The van der Waals surface area contributed by atoms with E-state index >= 15 is 0 Å². The molecule has 0 bridgehead atoms. The fourth-order valence-corrected chi connectivity index (χ4v) is 4.07. The van der Waals surface area contributed by atoms with Crippen molar-refractivity contribution in [2.45, 2.75) is 26.3 Å². The molecule has 0 atom stereocenters. The van der Waals surface area contributed by atoms with E-state index in [0.717, 1.165) is 12.1 Å². The van der Waals surface area contributed by atoms with E-state index in [2.05, 4.69) is 9.97 Å². The number of piperazine rings is 1. The molecule has 3 aromatic rings. The Labute approximate surface area is 193 Å². The Bertz CT molecular complexity index is 1240. The number of carbonyl (C=O) groups is 1. The molecule has 34 heavy (non-hydrogen) atoms. The number of aliphatic hydroxyl groups excluding tert-OH is 2. The molecule has 180 valence electrons. The van der Waals surface area contributed by atoms with Gasteiger partial charge in [0.2, 0.25) is 5.95 Å². The van der Waals surface area contributed by atoms with Crippen LogP contribution in [0.15, 0.2) is 30.3 Å². The molecule has 4 N–H and O–H groups in total. The molecular formula is C23H24F3N5O3. The third-order valence-electron chi connectivity index (χ3n) is 5.88. The summed E-state index contributed by atoms with van der Waals surface area (Å²) in [6.07, 6.45) is -4.53. The van der Waals surface area contributed by atoms with Crippen LogP contribution in [0, 0.1) is 6.92 Å². The van der Waals surface area contributed by atoms with Crippen LogP contribution in [-0.4, -0.2) is 57.2 Å². The molecule has 1 aliphatic heterocycles. The SMILES string of the molecule is Cc1cc(C(=O)N2CCN(c3nc(N)c4cc(CO)c(CO)cc4n3)CC2)cc(C(F)(F)F)c1. The maximum atomic E-state index is 13.1. The van der Waals surface area contributed by atoms with Gasteiger partial charge in [0.05, 0.1) is 24.3 Å². The van der Waals surface area contributed by atoms with Crippen LogP contribution in [-0.2, 0) is 19.4 Å². The van der Waals surface area contributed by atoms with E-state index in [4.69, 9.17) is 5.73 Å². The molecule has 0 spiro atoms. The number of benzene rings is 2. The van der Waals surface area contributed by atoms with Crippen molar-refractivity contribution in [1.29, 1.82) is 0 Å². The van der Waals surface area contributed by atoms with E-state index in [1.54, 1.807) is 12.1 Å². The number of aliphatic hydroxyl groups is 2. The first-order valence-corrected chi connectivity index (χ1v) is 10.6. The zero-order chi connectivity index (χ0) is 24.6. The smallest absolute Gasteiger partial charge is 0.392 e. The summed E-state index contributed by atoms with van der Waals surface area (Å²) in [5.41, 5.74) is 7.22. The Balaban J connectivity index is 1.53. The summed E-state index contributed by atoms with van der Waals surface area (Å²) in [4.78, 5) is 25.1. The average Bonchev–Trinajstić information content (AvgIpc) is 2.81. The number of aromatic nitrogens is 2. The molecular weight excluding hydrogens is 451 g/mol. The second kappa shape index (κ2) is 9.07. The van der Waals surface area contributed by atoms with Crippen molar-refractivity contribution in [3.05, 3.63) is 58.1 Å². The Hall–Kier alpha value is -3.44. The fraction of sp³-hybridized carbons (Fsp3) is 0.348. The first kappa shape index (κ1) is 23.7. The van der Waals surface area contributed by atoms with Crippen molar-refractivity contribution < 1.29 is 28.2 Å². The van der Waals surface area contributed by atoms with Gasteiger partial charge in [-0.05, 0) is 53.9 Å². The highest BCUT2D eigenvalue weighted by Gasteiger charge is 2.32. The largest absolute Gasteiger partial charge is 0.416 e. The highest BCUT2D eigenvalue weighted by molar-refractivity contribution is 5.95. The number of rotatable bonds is 4. The van der Waals surface area contributed by atoms with Gasteiger partial charge < -0.3 is 25.7 Å². The summed E-state index contributed by atoms with van der Waals surface area (Å²) >= 11 is 0. The lowest BCUT2D eigenvalue weighted by Gasteiger charge is -2.35. The normalized spacial score (nSPS) is 14.6. The lowest BCUT2D eigenvalue weighted by atomic mass is 10.0. The minimum atomic E-state index is -4.53. The molecule has 11 heteroatoms. The summed E-state index contributed by atoms with van der Waals surface area (Å²) in [5.74, 6) is 0.113. The van der Waals surface area contributed by atoms with Crippen LogP contribution in [0.1, 0.15) is 32.6 Å². The van der Waals surface area contributed by atoms with Gasteiger partial charge >= 0.3 is 6.18 Å². The molecule has 0 unspecified atom stereocenters. The fourth-order valence-electron chi connectivity index (χ4n) is 4.07. The van der Waals surface area contributed by atoms with Crippen molar-refractivity contribution in [2.75, 3.05) is 36.8 Å². The molecule has 8 nitrogen and oxygen atoms in total. The van der Waals surface area contributed by atoms with Gasteiger partial charge in [-0.25, -0.2) is 4.98 Å². The van der Waals surface area contributed by atoms with Crippen LogP contribution in [0.4, 0.5) is 24.9 Å². The number of nitrogens with two attached hydrogens (primary N) is 1. The molecule has 2 heterocycles. The van der Waals surface area contributed by atoms with E-state index in [9.17, 15) is 28.2 Å². The first-order chi connectivity index (χ1) is 16.1. The van der Waals surface area contributed by atoms with Crippen LogP contribution in [0.5, 0.6) is 0 Å². The zero-order valence-electron chi connectivity index (χ0n) is 18.4. The first-order valence-electron chi connectivity index (χ1n) is 10.6. The van der Waals surface area contributed by atoms with Gasteiger partial charge in [0.25, 0.3) is 5.91 Å². The van der Waals surface area contributed by atoms with Gasteiger partial charge in [-0.2, -0.15) is 18.2 Å². The standard InChI is InChI=1S/C23H24F3N5O3/c1-13-6-14(8-17(7-13)23(24,25)26)21(34)30-2-4-31(5-3-30)22-28-19-10-16(12-33)15(11-32)9-18(19)20(27)29-22/h6-10,32-33H,2-5,11-12H2,1H3,(H2,27,28,29). The summed E-state index contributed by atoms with van der Waals surface area (Å²) in [7, 11) is 0. The van der Waals surface area contributed by atoms with Gasteiger partial charge in [-0.3, -0.25) is 4.79 Å². The summed E-state index contributed by atoms with van der Waals surface area (Å²) in [5, 5.41) is 19.6. The summed E-state index contributed by atoms with van der Waals surface area (Å²) < 4.78 is 39.4. The maximum absolute atomic E-state index is 13.1. The predicted octanol–water partition coefficient (Wildman–Crippen LogP) is 2.49. The number of aryl methyl sites for hydroxylation is 1. The van der Waals surface area contributed by atoms with Crippen molar-refractivity contribution in [3.8, 4) is 0 Å². The number of hydrogen-bond donors (Lipinski definition) is 3. The zero-order valence-corrected chi connectivity index (χ0v) is 18.4. The number of nitrogen functional groups attached to an aromatic ring is 1. The minimum absolute atomic E-state index is 0.00296. The summed E-state index contributed by atoms with van der Waals surface area (Å²) in [6.45, 7) is 2.31. The highest BCUT2D eigenvalue weighted by atomic mass is 19.4. The van der Waals surface area contributed by atoms with Crippen LogP contribution < -0.4 is 10.6 Å². The van der Waals surface area contributed by atoms with Crippen molar-refractivity contribution in [1.82, 2.24) is 14.9 Å². The van der Waals surface area contributed by atoms with E-state index in [0.29, 0.717) is 46.6 Å². The number of alkyl halides is 3. The molecule has 0 radical (unpaired) electrons. The number of halogens is 3. The van der Waals surface area contributed by atoms with Crippen LogP contribution in [0.2, 0.25) is 0 Å². The predicted molar refractivity (Wildman–Crippen MR) is 120 cm³/mol. The van der Waals surface area contributed by atoms with E-state index in [-0.39, 0.29) is 37.7 Å². The molecule has 1 aliphatic rings. The molecule has 1 saturated heterocycles. The highest BCUT2D eigenvalue weighted by Crippen LogP contribution is 2.31. The number of carbonyl (C=O) groups excluding carboxylic acids is 1. The van der Waals surface area contributed by atoms with Crippen LogP contribution >= 0.6 is 0 Å². The maximum Gasteiger partial charge on any atom is 0.416 e. The van der Waals surface area contributed by atoms with Crippen LogP contribution in [0.3, 0.4) is 0 Å². The molecule has 0 saturated carbocycles. The van der Waals surface area contributed by atoms with Gasteiger partial charge in [0.15, 0.2) is 0 Å². The Morgan fingerprint density at radius 2 is 1.65 bits per heavy atom. The van der Waals surface area contributed by atoms with Crippen molar-refractivity contribution in [3.63, 3.8) is 0 Å². The van der Waals surface area contributed by atoms with Gasteiger partial charge in [-0.1, -0.05) is 0 Å². The molecule has 0 aliphatic carbocycles. The van der Waals surface area contributed by atoms with Crippen LogP contribution in [0.25, 0.3) is 10.9 Å². The van der Waals surface area contributed by atoms with Crippen molar-refractivity contribution >= 4 is 28.6 Å². The number of fused-ring (bicyclic) bond motifs is 1. The monoisotopic (exact) mass is 475 g/mol. The number of hydrogen-bond acceptors (Lipinski definition) is 7. The number of nitrogens with zero attached hydrogens (tertiary/aromatic N) is 4. The average molecular weight is 475 g/mol. The second-order valence-corrected chi connectivity index (χ2v) is 8.23. The van der Waals surface area contributed by atoms with E-state index < -0.39 is 17.6 Å². The molecule has 1 fully saturated rings. The third kappa shape index (κ3) is 4.62. The summed E-state index contributed by atoms with van der Waals surface area (Å²) in [6, 6.07) is 6.65. The number of anilines is 2. The minimum Gasteiger partial charge on any atom is -0.392 e.